The largest absolute Gasteiger partial charge is 0.193 e. The molecule has 0 atom stereocenters. The van der Waals surface area contributed by atoms with Gasteiger partial charge in [-0.25, -0.2) is 0 Å². The molecule has 2 heteroatoms. The Morgan fingerprint density at radius 1 is 0.923 bits per heavy atom. The molecule has 0 nitrogen and oxygen atoms in total. The highest BCUT2D eigenvalue weighted by atomic mass is 14.2. The van der Waals surface area contributed by atoms with Gasteiger partial charge in [0.25, 0.3) is 0 Å². The molecule has 1 aromatic rings. The van der Waals surface area contributed by atoms with Gasteiger partial charge in [0.15, 0.2) is 14.6 Å². The standard InChI is InChI=1S/C24H24B2/c1-7-10-18-17(6)25-23-19(18)12-13-20-22(16(5)9-3)21(26-24(20)23)14-11-15(4)8-2/h7-14,25-26H,1-3,6H2,4-5H3/b15-11+,18-10+,21-14+,22-16+. The Morgan fingerprint density at radius 3 is 2.27 bits per heavy atom. The van der Waals surface area contributed by atoms with Crippen molar-refractivity contribution in [1.82, 2.24) is 0 Å². The number of benzene rings is 1. The predicted octanol–water partition coefficient (Wildman–Crippen LogP) is 3.90. The van der Waals surface area contributed by atoms with Crippen LogP contribution in [-0.2, 0) is 0 Å². The average molecular weight is 334 g/mol. The molecule has 0 amide bonds. The first-order valence-electron chi connectivity index (χ1n) is 9.01. The van der Waals surface area contributed by atoms with Gasteiger partial charge in [0.1, 0.15) is 0 Å². The molecule has 3 rings (SSSR count). The summed E-state index contributed by atoms with van der Waals surface area (Å²) in [6.45, 7) is 20.2. The van der Waals surface area contributed by atoms with Gasteiger partial charge >= 0.3 is 0 Å². The molecule has 2 aliphatic rings. The summed E-state index contributed by atoms with van der Waals surface area (Å²) in [4.78, 5) is 0. The van der Waals surface area contributed by atoms with Crippen molar-refractivity contribution >= 4 is 36.6 Å². The number of rotatable bonds is 4. The van der Waals surface area contributed by atoms with Crippen molar-refractivity contribution in [3.8, 4) is 0 Å². The van der Waals surface area contributed by atoms with Gasteiger partial charge in [-0.1, -0.05) is 95.8 Å². The molecule has 0 aromatic heterocycles. The van der Waals surface area contributed by atoms with Crippen LogP contribution in [-0.4, -0.2) is 14.6 Å². The lowest BCUT2D eigenvalue weighted by Gasteiger charge is -2.10. The van der Waals surface area contributed by atoms with Gasteiger partial charge < -0.3 is 0 Å². The summed E-state index contributed by atoms with van der Waals surface area (Å²) < 4.78 is 0. The van der Waals surface area contributed by atoms with E-state index in [2.05, 4.69) is 70.5 Å². The van der Waals surface area contributed by atoms with Crippen LogP contribution < -0.4 is 10.9 Å². The number of hydrogen-bond donors (Lipinski definition) is 0. The number of fused-ring (bicyclic) bond motifs is 3. The van der Waals surface area contributed by atoms with E-state index in [1.54, 1.807) is 0 Å². The first-order valence-corrected chi connectivity index (χ1v) is 9.01. The maximum Gasteiger partial charge on any atom is 0.193 e. The molecule has 0 unspecified atom stereocenters. The normalized spacial score (nSPS) is 20.4. The van der Waals surface area contributed by atoms with Crippen LogP contribution in [0.15, 0.2) is 97.0 Å². The summed E-state index contributed by atoms with van der Waals surface area (Å²) in [5.74, 6) is 0. The zero-order chi connectivity index (χ0) is 18.8. The van der Waals surface area contributed by atoms with Crippen molar-refractivity contribution in [2.45, 2.75) is 13.8 Å². The van der Waals surface area contributed by atoms with Crippen LogP contribution in [0.5, 0.6) is 0 Å². The lowest BCUT2D eigenvalue weighted by Crippen LogP contribution is -2.34. The van der Waals surface area contributed by atoms with Gasteiger partial charge in [-0.2, -0.15) is 0 Å². The highest BCUT2D eigenvalue weighted by Crippen LogP contribution is 2.34. The number of allylic oxidation sites excluding steroid dienone is 12. The van der Waals surface area contributed by atoms with Gasteiger partial charge in [-0.3, -0.25) is 0 Å². The maximum absolute atomic E-state index is 4.27. The van der Waals surface area contributed by atoms with E-state index in [0.717, 1.165) is 14.6 Å². The van der Waals surface area contributed by atoms with E-state index in [9.17, 15) is 0 Å². The third-order valence-corrected chi connectivity index (χ3v) is 5.30. The second kappa shape index (κ2) is 7.25. The number of hydrogen-bond acceptors (Lipinski definition) is 0. The van der Waals surface area contributed by atoms with Crippen LogP contribution in [0.4, 0.5) is 0 Å². The Balaban J connectivity index is 2.21. The molecule has 0 aliphatic carbocycles. The predicted molar refractivity (Wildman–Crippen MR) is 122 cm³/mol. The van der Waals surface area contributed by atoms with Gasteiger partial charge in [0.2, 0.25) is 0 Å². The van der Waals surface area contributed by atoms with Crippen LogP contribution in [0.25, 0.3) is 11.1 Å². The van der Waals surface area contributed by atoms with Gasteiger partial charge in [0, 0.05) is 0 Å². The van der Waals surface area contributed by atoms with Crippen LogP contribution in [0.3, 0.4) is 0 Å². The average Bonchev–Trinajstić information content (AvgIpc) is 3.17. The molecule has 2 heterocycles. The molecule has 0 saturated heterocycles. The molecule has 2 aliphatic heterocycles. The molecular formula is C24H24B2. The van der Waals surface area contributed by atoms with Gasteiger partial charge in [-0.15, -0.1) is 6.58 Å². The zero-order valence-corrected chi connectivity index (χ0v) is 15.9. The van der Waals surface area contributed by atoms with Crippen molar-refractivity contribution < 1.29 is 0 Å². The lowest BCUT2D eigenvalue weighted by atomic mass is 9.57. The third kappa shape index (κ3) is 2.97. The van der Waals surface area contributed by atoms with Gasteiger partial charge in [-0.05, 0) is 41.7 Å². The second-order valence-corrected chi connectivity index (χ2v) is 6.96. The SMILES string of the molecule is C=C/C=C1\C(=C)Bc2c1ccc1c2BC(=C/C=C(\C)C=C)/C1=C(\C)C=C. The fourth-order valence-electron chi connectivity index (χ4n) is 3.87. The van der Waals surface area contributed by atoms with Crippen LogP contribution in [0.1, 0.15) is 25.0 Å². The topological polar surface area (TPSA) is 0 Å². The Labute approximate surface area is 158 Å². The molecule has 26 heavy (non-hydrogen) atoms. The van der Waals surface area contributed by atoms with Crippen molar-refractivity contribution in [1.29, 1.82) is 0 Å². The molecule has 1 aromatic carbocycles. The Morgan fingerprint density at radius 2 is 1.62 bits per heavy atom. The van der Waals surface area contributed by atoms with E-state index in [0.29, 0.717) is 0 Å². The molecule has 0 N–H and O–H groups in total. The van der Waals surface area contributed by atoms with Gasteiger partial charge in [0.05, 0.1) is 0 Å². The fraction of sp³-hybridized carbons (Fsp3) is 0.0833. The summed E-state index contributed by atoms with van der Waals surface area (Å²) in [7, 11) is 1.88. The van der Waals surface area contributed by atoms with E-state index < -0.39 is 0 Å². The fourth-order valence-corrected chi connectivity index (χ4v) is 3.87. The molecule has 0 saturated carbocycles. The summed E-state index contributed by atoms with van der Waals surface area (Å²) in [6.07, 6.45) is 12.1. The van der Waals surface area contributed by atoms with E-state index in [4.69, 9.17) is 0 Å². The van der Waals surface area contributed by atoms with Crippen LogP contribution in [0, 0.1) is 0 Å². The zero-order valence-electron chi connectivity index (χ0n) is 15.9. The second-order valence-electron chi connectivity index (χ2n) is 6.96. The highest BCUT2D eigenvalue weighted by molar-refractivity contribution is 6.80. The maximum atomic E-state index is 4.27. The van der Waals surface area contributed by atoms with Crippen molar-refractivity contribution in [2.24, 2.45) is 0 Å². The molecule has 0 spiro atoms. The lowest BCUT2D eigenvalue weighted by molar-refractivity contribution is 1.51. The third-order valence-electron chi connectivity index (χ3n) is 5.30. The minimum absolute atomic E-state index is 0.924. The molecule has 0 radical (unpaired) electrons. The first kappa shape index (κ1) is 18.1. The monoisotopic (exact) mass is 334 g/mol. The van der Waals surface area contributed by atoms with Crippen LogP contribution >= 0.6 is 0 Å². The quantitative estimate of drug-likeness (QED) is 0.579. The molecular weight excluding hydrogens is 310 g/mol. The summed E-state index contributed by atoms with van der Waals surface area (Å²) >= 11 is 0. The van der Waals surface area contributed by atoms with E-state index in [1.807, 2.05) is 18.2 Å². The van der Waals surface area contributed by atoms with Crippen molar-refractivity contribution in [3.63, 3.8) is 0 Å². The van der Waals surface area contributed by atoms with Crippen molar-refractivity contribution in [2.75, 3.05) is 0 Å². The Kier molecular flexibility index (Phi) is 5.04. The summed E-state index contributed by atoms with van der Waals surface area (Å²) in [5, 5.41) is 0. The highest BCUT2D eigenvalue weighted by Gasteiger charge is 2.31. The molecule has 126 valence electrons. The smallest absolute Gasteiger partial charge is 0.104 e. The summed E-state index contributed by atoms with van der Waals surface area (Å²) in [5.41, 5.74) is 13.0. The Hall–Kier alpha value is -2.73. The minimum Gasteiger partial charge on any atom is -0.104 e. The minimum atomic E-state index is 0.924. The Bertz CT molecular complexity index is 962. The summed E-state index contributed by atoms with van der Waals surface area (Å²) in [6, 6.07) is 4.50. The van der Waals surface area contributed by atoms with Crippen LogP contribution in [0.2, 0.25) is 0 Å². The first-order chi connectivity index (χ1) is 12.5. The van der Waals surface area contributed by atoms with E-state index in [-0.39, 0.29) is 0 Å². The molecule has 0 bridgehead atoms. The van der Waals surface area contributed by atoms with E-state index >= 15 is 0 Å². The van der Waals surface area contributed by atoms with Crippen molar-refractivity contribution in [3.05, 3.63) is 108 Å². The molecule has 0 fully saturated rings. The van der Waals surface area contributed by atoms with E-state index in [1.165, 1.54) is 55.3 Å².